The average Bonchev–Trinajstić information content (AvgIpc) is 3.03. The number of ether oxygens (including phenoxy) is 2. The van der Waals surface area contributed by atoms with Crippen LogP contribution in [-0.4, -0.2) is 60.6 Å². The quantitative estimate of drug-likeness (QED) is 0.372. The summed E-state index contributed by atoms with van der Waals surface area (Å²) in [6.45, 7) is 3.19. The Labute approximate surface area is 175 Å². The Morgan fingerprint density at radius 3 is 2.53 bits per heavy atom. The van der Waals surface area contributed by atoms with Gasteiger partial charge in [-0.3, -0.25) is 14.9 Å². The minimum absolute atomic E-state index is 0.0257. The number of amides is 1. The molecule has 1 amide bonds. The highest BCUT2D eigenvalue weighted by atomic mass is 16.6. The molecule has 2 aromatic rings. The highest BCUT2D eigenvalue weighted by molar-refractivity contribution is 5.76. The molecule has 0 unspecified atom stereocenters. The molecule has 0 spiro atoms. The molecular weight excluding hydrogens is 388 g/mol. The number of carbonyl (C=O) groups excluding carboxylic acids is 1. The van der Waals surface area contributed by atoms with Crippen LogP contribution in [0.1, 0.15) is 19.3 Å². The lowest BCUT2D eigenvalue weighted by molar-refractivity contribution is -0.385. The molecule has 9 nitrogen and oxygen atoms in total. The predicted molar refractivity (Wildman–Crippen MR) is 112 cm³/mol. The minimum Gasteiger partial charge on any atom is -0.497 e. The SMILES string of the molecule is COc1ccc(OCCCC(=O)N2CCCN(c3ccc([N+](=O)[O-])cn3)CC2)cc1. The lowest BCUT2D eigenvalue weighted by Crippen LogP contribution is -2.35. The number of nitrogens with zero attached hydrogens (tertiary/aromatic N) is 4. The molecule has 1 aromatic heterocycles. The van der Waals surface area contributed by atoms with E-state index in [1.165, 1.54) is 12.3 Å². The summed E-state index contributed by atoms with van der Waals surface area (Å²) >= 11 is 0. The van der Waals surface area contributed by atoms with Crippen LogP contribution in [-0.2, 0) is 4.79 Å². The van der Waals surface area contributed by atoms with E-state index in [0.29, 0.717) is 44.9 Å². The standard InChI is InChI=1S/C21H26N4O5/c1-29-18-6-8-19(9-7-18)30-15-2-4-21(26)24-12-3-11-23(13-14-24)20-10-5-17(16-22-20)25(27)28/h5-10,16H,2-4,11-15H2,1H3. The van der Waals surface area contributed by atoms with Crippen molar-refractivity contribution in [3.63, 3.8) is 0 Å². The van der Waals surface area contributed by atoms with E-state index < -0.39 is 4.92 Å². The van der Waals surface area contributed by atoms with E-state index in [1.54, 1.807) is 13.2 Å². The fourth-order valence-corrected chi connectivity index (χ4v) is 3.31. The number of hydrogen-bond acceptors (Lipinski definition) is 7. The van der Waals surface area contributed by atoms with Crippen molar-refractivity contribution in [3.8, 4) is 11.5 Å². The maximum absolute atomic E-state index is 12.6. The molecule has 0 N–H and O–H groups in total. The summed E-state index contributed by atoms with van der Waals surface area (Å²) < 4.78 is 10.8. The van der Waals surface area contributed by atoms with Gasteiger partial charge in [-0.2, -0.15) is 0 Å². The van der Waals surface area contributed by atoms with Crippen molar-refractivity contribution >= 4 is 17.4 Å². The van der Waals surface area contributed by atoms with E-state index in [9.17, 15) is 14.9 Å². The third kappa shape index (κ3) is 5.82. The molecule has 1 fully saturated rings. The van der Waals surface area contributed by atoms with Crippen molar-refractivity contribution in [1.82, 2.24) is 9.88 Å². The maximum atomic E-state index is 12.6. The third-order valence-corrected chi connectivity index (χ3v) is 4.98. The number of carbonyl (C=O) groups is 1. The van der Waals surface area contributed by atoms with E-state index in [1.807, 2.05) is 29.2 Å². The van der Waals surface area contributed by atoms with Crippen molar-refractivity contribution in [2.45, 2.75) is 19.3 Å². The van der Waals surface area contributed by atoms with Crippen molar-refractivity contribution in [1.29, 1.82) is 0 Å². The third-order valence-electron chi connectivity index (χ3n) is 4.98. The molecule has 160 valence electrons. The Kier molecular flexibility index (Phi) is 7.42. The molecule has 1 aliphatic rings. The summed E-state index contributed by atoms with van der Waals surface area (Å²) in [5.41, 5.74) is -0.0257. The van der Waals surface area contributed by atoms with Gasteiger partial charge in [0, 0.05) is 38.7 Å². The number of nitro groups is 1. The first kappa shape index (κ1) is 21.4. The van der Waals surface area contributed by atoms with Crippen LogP contribution in [0.4, 0.5) is 11.5 Å². The molecule has 9 heteroatoms. The smallest absolute Gasteiger partial charge is 0.287 e. The van der Waals surface area contributed by atoms with Crippen LogP contribution in [0, 0.1) is 10.1 Å². The van der Waals surface area contributed by atoms with Gasteiger partial charge in [-0.15, -0.1) is 0 Å². The summed E-state index contributed by atoms with van der Waals surface area (Å²) in [6, 6.07) is 10.5. The zero-order valence-corrected chi connectivity index (χ0v) is 17.0. The Balaban J connectivity index is 1.41. The van der Waals surface area contributed by atoms with Crippen molar-refractivity contribution in [3.05, 3.63) is 52.7 Å². The number of aromatic nitrogens is 1. The van der Waals surface area contributed by atoms with Gasteiger partial charge in [0.15, 0.2) is 0 Å². The number of methoxy groups -OCH3 is 1. The van der Waals surface area contributed by atoms with Gasteiger partial charge in [0.1, 0.15) is 23.5 Å². The molecule has 1 saturated heterocycles. The van der Waals surface area contributed by atoms with Crippen LogP contribution < -0.4 is 14.4 Å². The predicted octanol–water partition coefficient (Wildman–Crippen LogP) is 2.90. The van der Waals surface area contributed by atoms with Crippen molar-refractivity contribution < 1.29 is 19.2 Å². The minimum atomic E-state index is -0.460. The molecule has 0 bridgehead atoms. The van der Waals surface area contributed by atoms with Gasteiger partial charge in [0.05, 0.1) is 18.6 Å². The first-order valence-electron chi connectivity index (χ1n) is 9.97. The molecule has 2 heterocycles. The molecule has 30 heavy (non-hydrogen) atoms. The first-order valence-corrected chi connectivity index (χ1v) is 9.97. The molecule has 3 rings (SSSR count). The lowest BCUT2D eigenvalue weighted by atomic mass is 10.2. The van der Waals surface area contributed by atoms with Crippen LogP contribution in [0.5, 0.6) is 11.5 Å². The molecule has 0 saturated carbocycles. The van der Waals surface area contributed by atoms with Crippen LogP contribution in [0.3, 0.4) is 0 Å². The van der Waals surface area contributed by atoms with Gasteiger partial charge >= 0.3 is 0 Å². The van der Waals surface area contributed by atoms with Gasteiger partial charge < -0.3 is 19.3 Å². The summed E-state index contributed by atoms with van der Waals surface area (Å²) in [5.74, 6) is 2.34. The molecular formula is C21H26N4O5. The van der Waals surface area contributed by atoms with Crippen molar-refractivity contribution in [2.24, 2.45) is 0 Å². The topological polar surface area (TPSA) is 98.0 Å². The fraction of sp³-hybridized carbons (Fsp3) is 0.429. The summed E-state index contributed by atoms with van der Waals surface area (Å²) in [7, 11) is 1.62. The molecule has 0 atom stereocenters. The number of anilines is 1. The molecule has 0 aliphatic carbocycles. The van der Waals surface area contributed by atoms with E-state index in [2.05, 4.69) is 9.88 Å². The Morgan fingerprint density at radius 1 is 1.10 bits per heavy atom. The molecule has 1 aromatic carbocycles. The zero-order valence-electron chi connectivity index (χ0n) is 17.0. The van der Waals surface area contributed by atoms with E-state index in [4.69, 9.17) is 9.47 Å². The Bertz CT molecular complexity index is 841. The van der Waals surface area contributed by atoms with Crippen LogP contribution in [0.25, 0.3) is 0 Å². The Morgan fingerprint density at radius 2 is 1.87 bits per heavy atom. The Hall–Kier alpha value is -3.36. The van der Waals surface area contributed by atoms with E-state index >= 15 is 0 Å². The lowest BCUT2D eigenvalue weighted by Gasteiger charge is -2.22. The number of pyridine rings is 1. The van der Waals surface area contributed by atoms with E-state index in [0.717, 1.165) is 24.5 Å². The maximum Gasteiger partial charge on any atom is 0.287 e. The summed E-state index contributed by atoms with van der Waals surface area (Å²) in [4.78, 5) is 31.0. The first-order chi connectivity index (χ1) is 14.6. The number of benzene rings is 1. The largest absolute Gasteiger partial charge is 0.497 e. The second kappa shape index (κ2) is 10.4. The second-order valence-electron chi connectivity index (χ2n) is 6.98. The molecule has 1 aliphatic heterocycles. The van der Waals surface area contributed by atoms with Gasteiger partial charge in [-0.25, -0.2) is 4.98 Å². The normalized spacial score (nSPS) is 14.2. The summed E-state index contributed by atoms with van der Waals surface area (Å²) in [5, 5.41) is 10.8. The number of hydrogen-bond donors (Lipinski definition) is 0. The van der Waals surface area contributed by atoms with Gasteiger partial charge in [-0.05, 0) is 43.2 Å². The van der Waals surface area contributed by atoms with Gasteiger partial charge in [0.25, 0.3) is 5.69 Å². The van der Waals surface area contributed by atoms with Crippen LogP contribution >= 0.6 is 0 Å². The molecule has 0 radical (unpaired) electrons. The monoisotopic (exact) mass is 414 g/mol. The zero-order chi connectivity index (χ0) is 21.3. The van der Waals surface area contributed by atoms with Gasteiger partial charge in [0.2, 0.25) is 5.91 Å². The fourth-order valence-electron chi connectivity index (χ4n) is 3.31. The highest BCUT2D eigenvalue weighted by Crippen LogP contribution is 2.19. The van der Waals surface area contributed by atoms with Gasteiger partial charge in [-0.1, -0.05) is 0 Å². The van der Waals surface area contributed by atoms with Crippen LogP contribution in [0.2, 0.25) is 0 Å². The number of rotatable bonds is 8. The van der Waals surface area contributed by atoms with Crippen molar-refractivity contribution in [2.75, 3.05) is 44.8 Å². The van der Waals surface area contributed by atoms with Crippen LogP contribution in [0.15, 0.2) is 42.6 Å². The van der Waals surface area contributed by atoms with E-state index in [-0.39, 0.29) is 11.6 Å². The highest BCUT2D eigenvalue weighted by Gasteiger charge is 2.20. The average molecular weight is 414 g/mol. The second-order valence-corrected chi connectivity index (χ2v) is 6.98. The summed E-state index contributed by atoms with van der Waals surface area (Å²) in [6.07, 6.45) is 3.18.